The minimum atomic E-state index is -6.64. The smallest absolute Gasteiger partial charge is 0.460 e. The molecule has 0 saturated carbocycles. The van der Waals surface area contributed by atoms with Crippen LogP contribution >= 0.6 is 11.8 Å². The molecule has 0 unspecified atom stereocenters. The van der Waals surface area contributed by atoms with Gasteiger partial charge in [0.05, 0.1) is 4.92 Å². The van der Waals surface area contributed by atoms with Crippen molar-refractivity contribution in [3.63, 3.8) is 0 Å². The summed E-state index contributed by atoms with van der Waals surface area (Å²) in [6.07, 6.45) is -10.8. The van der Waals surface area contributed by atoms with Gasteiger partial charge in [-0.15, -0.1) is 0 Å². The highest BCUT2D eigenvalue weighted by atomic mass is 32.2. The second kappa shape index (κ2) is 9.53. The van der Waals surface area contributed by atoms with Crippen molar-refractivity contribution < 1.29 is 67.5 Å². The Kier molecular flexibility index (Phi) is 8.19. The van der Waals surface area contributed by atoms with Gasteiger partial charge in [0.25, 0.3) is 0 Å². The molecule has 6 nitrogen and oxygen atoms in total. The molecule has 182 valence electrons. The zero-order chi connectivity index (χ0) is 25.1. The maximum atomic E-state index is 13.4. The van der Waals surface area contributed by atoms with Gasteiger partial charge in [-0.25, -0.2) is 13.6 Å². The summed E-state index contributed by atoms with van der Waals surface area (Å²) in [5, 5.41) is 5.20. The van der Waals surface area contributed by atoms with Gasteiger partial charge in [0.1, 0.15) is 0 Å². The van der Waals surface area contributed by atoms with E-state index in [9.17, 15) is 63.2 Å². The number of carbonyl (C=O) groups excluding carboxylic acids is 1. The van der Waals surface area contributed by atoms with Gasteiger partial charge in [-0.2, -0.15) is 39.5 Å². The lowest BCUT2D eigenvalue weighted by Gasteiger charge is -2.27. The third kappa shape index (κ3) is 6.49. The van der Waals surface area contributed by atoms with Gasteiger partial charge in [-0.3, -0.25) is 10.1 Å². The Bertz CT molecular complexity index is 847. The summed E-state index contributed by atoms with van der Waals surface area (Å²) in [4.78, 5) is 19.7. The number of benzene rings is 1. The quantitative estimate of drug-likeness (QED) is 0.140. The molecule has 0 heterocycles. The molecular formula is C14H8F11NO5S. The lowest BCUT2D eigenvalue weighted by molar-refractivity contribution is -0.386. The minimum Gasteiger partial charge on any atom is -0.475 e. The van der Waals surface area contributed by atoms with Crippen molar-refractivity contribution in [2.45, 2.75) is 34.6 Å². The van der Waals surface area contributed by atoms with Crippen LogP contribution < -0.4 is 4.74 Å². The van der Waals surface area contributed by atoms with Crippen molar-refractivity contribution in [3.05, 3.63) is 28.3 Å². The first-order valence-electron chi connectivity index (χ1n) is 7.56. The molecule has 0 spiro atoms. The second-order valence-corrected chi connectivity index (χ2v) is 6.78. The summed E-state index contributed by atoms with van der Waals surface area (Å²) in [7, 11) is 0. The highest BCUT2D eigenvalue weighted by molar-refractivity contribution is 8.00. The Labute approximate surface area is 173 Å². The monoisotopic (exact) mass is 511 g/mol. The number of hydrogen-bond donors (Lipinski definition) is 0. The lowest BCUT2D eigenvalue weighted by atomic mass is 10.3. The molecule has 0 aliphatic rings. The van der Waals surface area contributed by atoms with Crippen molar-refractivity contribution in [1.82, 2.24) is 0 Å². The van der Waals surface area contributed by atoms with Crippen molar-refractivity contribution >= 4 is 23.4 Å². The first-order chi connectivity index (χ1) is 14.3. The fourth-order valence-electron chi connectivity index (χ4n) is 1.62. The molecule has 0 atom stereocenters. The molecule has 0 aliphatic carbocycles. The van der Waals surface area contributed by atoms with Crippen LogP contribution in [-0.4, -0.2) is 53.8 Å². The highest BCUT2D eigenvalue weighted by Gasteiger charge is 2.73. The van der Waals surface area contributed by atoms with Gasteiger partial charge in [0.2, 0.25) is 0 Å². The van der Waals surface area contributed by atoms with Gasteiger partial charge in [-0.1, -0.05) is 0 Å². The topological polar surface area (TPSA) is 78.7 Å². The molecular weight excluding hydrogens is 503 g/mol. The first-order valence-corrected chi connectivity index (χ1v) is 8.37. The predicted octanol–water partition coefficient (Wildman–Crippen LogP) is 5.30. The van der Waals surface area contributed by atoms with Crippen LogP contribution in [-0.2, 0) is 9.53 Å². The van der Waals surface area contributed by atoms with E-state index in [4.69, 9.17) is 0 Å². The molecule has 0 bridgehead atoms. The van der Waals surface area contributed by atoms with E-state index >= 15 is 0 Å². The maximum absolute atomic E-state index is 13.4. The molecule has 0 saturated heterocycles. The SMILES string of the molecule is O=C(COc1ccc(SC(F)(F)C(F)(F)C(F)(F)F)cc1[N+](=O)[O-])OCC(F)(F)C(F)F. The number of thioether (sulfide) groups is 1. The Morgan fingerprint density at radius 2 is 1.62 bits per heavy atom. The van der Waals surface area contributed by atoms with Crippen molar-refractivity contribution in [2.24, 2.45) is 0 Å². The zero-order valence-corrected chi connectivity index (χ0v) is 15.6. The third-order valence-electron chi connectivity index (χ3n) is 3.19. The number of ether oxygens (including phenoxy) is 2. The van der Waals surface area contributed by atoms with Crippen LogP contribution in [0.15, 0.2) is 23.1 Å². The Morgan fingerprint density at radius 1 is 1.06 bits per heavy atom. The largest absolute Gasteiger partial charge is 0.475 e. The van der Waals surface area contributed by atoms with E-state index in [0.717, 1.165) is 0 Å². The van der Waals surface area contributed by atoms with E-state index < -0.39 is 81.9 Å². The van der Waals surface area contributed by atoms with E-state index in [1.807, 2.05) is 0 Å². The number of nitro benzene ring substituents is 1. The van der Waals surface area contributed by atoms with E-state index in [1.165, 1.54) is 0 Å². The summed E-state index contributed by atoms with van der Waals surface area (Å²) in [5.41, 5.74) is -1.29. The van der Waals surface area contributed by atoms with Gasteiger partial charge in [0.15, 0.2) is 19.0 Å². The van der Waals surface area contributed by atoms with Crippen molar-refractivity contribution in [3.8, 4) is 5.75 Å². The number of rotatable bonds is 10. The molecule has 0 aromatic heterocycles. The van der Waals surface area contributed by atoms with Gasteiger partial charge >= 0.3 is 41.4 Å². The Morgan fingerprint density at radius 3 is 2.09 bits per heavy atom. The van der Waals surface area contributed by atoms with Crippen LogP contribution in [0.25, 0.3) is 0 Å². The summed E-state index contributed by atoms with van der Waals surface area (Å²) in [6, 6.07) is 0.962. The normalized spacial score (nSPS) is 13.2. The number of nitrogens with zero attached hydrogens (tertiary/aromatic N) is 1. The van der Waals surface area contributed by atoms with Crippen LogP contribution in [0.2, 0.25) is 0 Å². The van der Waals surface area contributed by atoms with Crippen LogP contribution in [0, 0.1) is 10.1 Å². The van der Waals surface area contributed by atoms with E-state index in [1.54, 1.807) is 0 Å². The highest BCUT2D eigenvalue weighted by Crippen LogP contribution is 2.54. The van der Waals surface area contributed by atoms with Gasteiger partial charge < -0.3 is 9.47 Å². The van der Waals surface area contributed by atoms with Crippen LogP contribution in [0.4, 0.5) is 54.0 Å². The number of carbonyl (C=O) groups is 1. The molecule has 0 radical (unpaired) electrons. The second-order valence-electron chi connectivity index (χ2n) is 5.59. The van der Waals surface area contributed by atoms with E-state index in [0.29, 0.717) is 12.1 Å². The molecule has 18 heteroatoms. The van der Waals surface area contributed by atoms with E-state index in [2.05, 4.69) is 9.47 Å². The first kappa shape index (κ1) is 27.5. The van der Waals surface area contributed by atoms with Crippen LogP contribution in [0.1, 0.15) is 0 Å². The Balaban J connectivity index is 2.96. The van der Waals surface area contributed by atoms with Crippen molar-refractivity contribution in [1.29, 1.82) is 0 Å². The van der Waals surface area contributed by atoms with Crippen molar-refractivity contribution in [2.75, 3.05) is 13.2 Å². The number of alkyl halides is 11. The molecule has 1 rings (SSSR count). The van der Waals surface area contributed by atoms with Crippen LogP contribution in [0.5, 0.6) is 5.75 Å². The lowest BCUT2D eigenvalue weighted by Crippen LogP contribution is -2.49. The average molecular weight is 511 g/mol. The van der Waals surface area contributed by atoms with Gasteiger partial charge in [0, 0.05) is 11.0 Å². The number of hydrogen-bond acceptors (Lipinski definition) is 6. The molecule has 0 fully saturated rings. The molecule has 0 amide bonds. The fourth-order valence-corrected chi connectivity index (χ4v) is 2.47. The predicted molar refractivity (Wildman–Crippen MR) is 82.3 cm³/mol. The maximum Gasteiger partial charge on any atom is 0.460 e. The molecule has 32 heavy (non-hydrogen) atoms. The van der Waals surface area contributed by atoms with Crippen LogP contribution in [0.3, 0.4) is 0 Å². The number of nitro groups is 1. The standard InChI is InChI=1S/C14H8F11NO5S/c15-10(16)11(17,18)5-31-9(27)4-30-8-2-1-6(3-7(8)26(28)29)32-14(24,25)12(19,20)13(21,22)23/h1-3,10H,4-5H2. The summed E-state index contributed by atoms with van der Waals surface area (Å²) < 4.78 is 147. The van der Waals surface area contributed by atoms with E-state index in [-0.39, 0.29) is 6.07 Å². The average Bonchev–Trinajstić information content (AvgIpc) is 2.63. The summed E-state index contributed by atoms with van der Waals surface area (Å²) in [5.74, 6) is -13.8. The summed E-state index contributed by atoms with van der Waals surface area (Å²) >= 11 is -1.35. The molecule has 0 aliphatic heterocycles. The Hall–Kier alpha value is -2.53. The molecule has 1 aromatic carbocycles. The molecule has 0 N–H and O–H groups in total. The number of halogens is 11. The third-order valence-corrected chi connectivity index (χ3v) is 4.19. The summed E-state index contributed by atoms with van der Waals surface area (Å²) in [6.45, 7) is -3.43. The fraction of sp³-hybridized carbons (Fsp3) is 0.500. The van der Waals surface area contributed by atoms with Gasteiger partial charge in [-0.05, 0) is 23.9 Å². The minimum absolute atomic E-state index is 0.122. The zero-order valence-electron chi connectivity index (χ0n) is 14.8. The number of esters is 1. The molecule has 1 aromatic rings.